The van der Waals surface area contributed by atoms with E-state index < -0.39 is 10.7 Å². The molecule has 2 rings (SSSR count). The molecule has 0 saturated heterocycles. The Morgan fingerprint density at radius 1 is 1.10 bits per heavy atom. The summed E-state index contributed by atoms with van der Waals surface area (Å²) in [5.74, 6) is -0.474. The fraction of sp³-hybridized carbons (Fsp3) is 0. The molecule has 0 heterocycles. The van der Waals surface area contributed by atoms with E-state index in [-0.39, 0.29) is 11.3 Å². The number of halogens is 2. The zero-order valence-electron chi connectivity index (χ0n) is 10.6. The summed E-state index contributed by atoms with van der Waals surface area (Å²) in [4.78, 5) is 22.4. The predicted molar refractivity (Wildman–Crippen MR) is 82.9 cm³/mol. The Morgan fingerprint density at radius 2 is 1.81 bits per heavy atom. The molecular formula is C15H9Cl2NO3. The van der Waals surface area contributed by atoms with Gasteiger partial charge in [0.15, 0.2) is 5.78 Å². The minimum Gasteiger partial charge on any atom is -0.289 e. The molecule has 0 aliphatic rings. The first kappa shape index (κ1) is 15.2. The second-order valence-electron chi connectivity index (χ2n) is 4.11. The van der Waals surface area contributed by atoms with Crippen LogP contribution in [0.4, 0.5) is 5.69 Å². The maximum Gasteiger partial charge on any atom is 0.280 e. The number of rotatable bonds is 4. The molecule has 0 spiro atoms. The van der Waals surface area contributed by atoms with Crippen LogP contribution in [-0.2, 0) is 0 Å². The van der Waals surface area contributed by atoms with Crippen molar-refractivity contribution in [1.29, 1.82) is 0 Å². The third-order valence-corrected chi connectivity index (χ3v) is 3.60. The number of benzene rings is 2. The second kappa shape index (κ2) is 6.52. The van der Waals surface area contributed by atoms with E-state index >= 15 is 0 Å². The molecule has 2 aromatic carbocycles. The summed E-state index contributed by atoms with van der Waals surface area (Å²) in [6.45, 7) is 0. The van der Waals surface area contributed by atoms with Gasteiger partial charge in [0.1, 0.15) is 0 Å². The highest BCUT2D eigenvalue weighted by Gasteiger charge is 2.17. The third-order valence-electron chi connectivity index (χ3n) is 2.76. The Balaban J connectivity index is 2.32. The van der Waals surface area contributed by atoms with Crippen molar-refractivity contribution in [3.05, 3.63) is 79.8 Å². The molecule has 21 heavy (non-hydrogen) atoms. The minimum absolute atomic E-state index is 0.0249. The molecule has 0 bridgehead atoms. The topological polar surface area (TPSA) is 60.2 Å². The van der Waals surface area contributed by atoms with Gasteiger partial charge in [-0.05, 0) is 29.8 Å². The van der Waals surface area contributed by atoms with E-state index in [0.717, 1.165) is 0 Å². The van der Waals surface area contributed by atoms with Crippen molar-refractivity contribution in [2.45, 2.75) is 0 Å². The quantitative estimate of drug-likeness (QED) is 0.352. The fourth-order valence-electron chi connectivity index (χ4n) is 1.75. The SMILES string of the molecule is O=C(/C=C/c1cccc(Cl)c1Cl)c1ccccc1[N+](=O)[O-]. The average Bonchev–Trinajstić information content (AvgIpc) is 2.48. The molecular weight excluding hydrogens is 313 g/mol. The summed E-state index contributed by atoms with van der Waals surface area (Å²) in [7, 11) is 0. The number of nitrogens with zero attached hydrogens (tertiary/aromatic N) is 1. The monoisotopic (exact) mass is 321 g/mol. The molecule has 6 heteroatoms. The number of nitro benzene ring substituents is 1. The number of nitro groups is 1. The van der Waals surface area contributed by atoms with Gasteiger partial charge >= 0.3 is 0 Å². The molecule has 0 radical (unpaired) electrons. The van der Waals surface area contributed by atoms with Gasteiger partial charge in [-0.15, -0.1) is 0 Å². The highest BCUT2D eigenvalue weighted by Crippen LogP contribution is 2.27. The van der Waals surface area contributed by atoms with Gasteiger partial charge in [-0.25, -0.2) is 0 Å². The summed E-state index contributed by atoms with van der Waals surface area (Å²) in [5.41, 5.74) is 0.359. The lowest BCUT2D eigenvalue weighted by molar-refractivity contribution is -0.385. The number of carbonyl (C=O) groups excluding carboxylic acids is 1. The normalized spacial score (nSPS) is 10.8. The van der Waals surface area contributed by atoms with Crippen molar-refractivity contribution in [3.8, 4) is 0 Å². The van der Waals surface area contributed by atoms with Gasteiger partial charge in [0, 0.05) is 6.07 Å². The third kappa shape index (κ3) is 3.48. The Morgan fingerprint density at radius 3 is 2.52 bits per heavy atom. The Hall–Kier alpha value is -2.17. The van der Waals surface area contributed by atoms with Crippen molar-refractivity contribution in [1.82, 2.24) is 0 Å². The van der Waals surface area contributed by atoms with Crippen LogP contribution in [0.15, 0.2) is 48.5 Å². The van der Waals surface area contributed by atoms with Crippen molar-refractivity contribution in [2.24, 2.45) is 0 Å². The van der Waals surface area contributed by atoms with E-state index in [1.54, 1.807) is 24.3 Å². The van der Waals surface area contributed by atoms with Crippen LogP contribution in [0.5, 0.6) is 0 Å². The van der Waals surface area contributed by atoms with Crippen LogP contribution in [0.2, 0.25) is 10.0 Å². The first-order valence-electron chi connectivity index (χ1n) is 5.90. The number of carbonyl (C=O) groups is 1. The van der Waals surface area contributed by atoms with Crippen LogP contribution in [-0.4, -0.2) is 10.7 Å². The predicted octanol–water partition coefficient (Wildman–Crippen LogP) is 4.80. The molecule has 106 valence electrons. The highest BCUT2D eigenvalue weighted by molar-refractivity contribution is 6.42. The number of hydrogen-bond donors (Lipinski definition) is 0. The highest BCUT2D eigenvalue weighted by atomic mass is 35.5. The molecule has 0 saturated carbocycles. The minimum atomic E-state index is -0.590. The summed E-state index contributed by atoms with van der Waals surface area (Å²) in [5, 5.41) is 11.6. The number of para-hydroxylation sites is 1. The molecule has 0 aromatic heterocycles. The summed E-state index contributed by atoms with van der Waals surface area (Å²) in [6, 6.07) is 10.8. The molecule has 0 aliphatic heterocycles. The molecule has 0 fully saturated rings. The lowest BCUT2D eigenvalue weighted by atomic mass is 10.1. The van der Waals surface area contributed by atoms with E-state index in [0.29, 0.717) is 15.6 Å². The first-order valence-corrected chi connectivity index (χ1v) is 6.66. The Bertz CT molecular complexity index is 741. The summed E-state index contributed by atoms with van der Waals surface area (Å²) < 4.78 is 0. The van der Waals surface area contributed by atoms with Gasteiger partial charge in [-0.2, -0.15) is 0 Å². The Kier molecular flexibility index (Phi) is 4.73. The number of hydrogen-bond acceptors (Lipinski definition) is 3. The summed E-state index contributed by atoms with van der Waals surface area (Å²) >= 11 is 11.9. The zero-order chi connectivity index (χ0) is 15.4. The van der Waals surface area contributed by atoms with Crippen LogP contribution in [0.25, 0.3) is 6.08 Å². The van der Waals surface area contributed by atoms with Gasteiger partial charge in [0.2, 0.25) is 0 Å². The maximum absolute atomic E-state index is 12.1. The van der Waals surface area contributed by atoms with E-state index in [1.807, 2.05) is 0 Å². The molecule has 0 atom stereocenters. The smallest absolute Gasteiger partial charge is 0.280 e. The van der Waals surface area contributed by atoms with Crippen LogP contribution in [0.3, 0.4) is 0 Å². The fourth-order valence-corrected chi connectivity index (χ4v) is 2.12. The zero-order valence-corrected chi connectivity index (χ0v) is 12.1. The van der Waals surface area contributed by atoms with Crippen molar-refractivity contribution < 1.29 is 9.72 Å². The standard InChI is InChI=1S/C15H9Cl2NO3/c16-12-6-3-4-10(15(12)17)8-9-14(19)11-5-1-2-7-13(11)18(20)21/h1-9H/b9-8+. The number of ketones is 1. The maximum atomic E-state index is 12.1. The van der Waals surface area contributed by atoms with Crippen molar-refractivity contribution in [2.75, 3.05) is 0 Å². The first-order chi connectivity index (χ1) is 10.0. The molecule has 4 nitrogen and oxygen atoms in total. The van der Waals surface area contributed by atoms with E-state index in [1.165, 1.54) is 30.4 Å². The van der Waals surface area contributed by atoms with Crippen LogP contribution in [0.1, 0.15) is 15.9 Å². The Labute approximate surface area is 130 Å². The number of allylic oxidation sites excluding steroid dienone is 1. The molecule has 0 aliphatic carbocycles. The van der Waals surface area contributed by atoms with Crippen LogP contribution >= 0.6 is 23.2 Å². The van der Waals surface area contributed by atoms with E-state index in [4.69, 9.17) is 23.2 Å². The van der Waals surface area contributed by atoms with Crippen molar-refractivity contribution in [3.63, 3.8) is 0 Å². The molecule has 0 amide bonds. The molecule has 0 N–H and O–H groups in total. The summed E-state index contributed by atoms with van der Waals surface area (Å²) in [6.07, 6.45) is 2.72. The van der Waals surface area contributed by atoms with Crippen molar-refractivity contribution >= 4 is 40.7 Å². The van der Waals surface area contributed by atoms with Crippen LogP contribution < -0.4 is 0 Å². The lowest BCUT2D eigenvalue weighted by Gasteiger charge is -2.00. The van der Waals surface area contributed by atoms with E-state index in [2.05, 4.69) is 0 Å². The molecule has 2 aromatic rings. The lowest BCUT2D eigenvalue weighted by Crippen LogP contribution is -2.00. The van der Waals surface area contributed by atoms with Gasteiger partial charge in [0.25, 0.3) is 5.69 Å². The average molecular weight is 322 g/mol. The molecule has 0 unspecified atom stereocenters. The second-order valence-corrected chi connectivity index (χ2v) is 4.90. The van der Waals surface area contributed by atoms with E-state index in [9.17, 15) is 14.9 Å². The van der Waals surface area contributed by atoms with Gasteiger partial charge in [-0.1, -0.05) is 47.5 Å². The van der Waals surface area contributed by atoms with Gasteiger partial charge in [0.05, 0.1) is 20.5 Å². The van der Waals surface area contributed by atoms with Gasteiger partial charge < -0.3 is 0 Å². The largest absolute Gasteiger partial charge is 0.289 e. The van der Waals surface area contributed by atoms with Gasteiger partial charge in [-0.3, -0.25) is 14.9 Å². The van der Waals surface area contributed by atoms with Crippen LogP contribution in [0, 0.1) is 10.1 Å².